The average molecular weight is 288 g/mol. The summed E-state index contributed by atoms with van der Waals surface area (Å²) in [6.07, 6.45) is 4.51. The summed E-state index contributed by atoms with van der Waals surface area (Å²) in [6.45, 7) is 0. The highest BCUT2D eigenvalue weighted by Crippen LogP contribution is 2.21. The third kappa shape index (κ3) is 3.20. The second-order valence-electron chi connectivity index (χ2n) is 5.17. The van der Waals surface area contributed by atoms with E-state index in [1.54, 1.807) is 12.1 Å². The summed E-state index contributed by atoms with van der Waals surface area (Å²) in [5.74, 6) is -0.403. The van der Waals surface area contributed by atoms with Crippen molar-refractivity contribution in [2.24, 2.45) is 5.73 Å². The Bertz CT molecular complexity index is 763. The topological polar surface area (TPSA) is 56.0 Å². The number of aromatic nitrogens is 1. The van der Waals surface area contributed by atoms with Crippen molar-refractivity contribution >= 4 is 5.91 Å². The molecule has 0 radical (unpaired) electrons. The maximum absolute atomic E-state index is 11.1. The largest absolute Gasteiger partial charge is 0.366 e. The summed E-state index contributed by atoms with van der Waals surface area (Å²) in [4.78, 5) is 15.1. The molecule has 0 aliphatic carbocycles. The molecule has 3 heteroatoms. The molecule has 0 bridgehead atoms. The molecular weight excluding hydrogens is 272 g/mol. The Kier molecular flexibility index (Phi) is 3.97. The minimum absolute atomic E-state index is 0.403. The first-order valence-electron chi connectivity index (χ1n) is 7.10. The Morgan fingerprint density at radius 3 is 1.82 bits per heavy atom. The number of nitrogens with zero attached hydrogens (tertiary/aromatic N) is 1. The van der Waals surface area contributed by atoms with Crippen molar-refractivity contribution in [3.63, 3.8) is 0 Å². The Balaban J connectivity index is 1.77. The predicted molar refractivity (Wildman–Crippen MR) is 87.4 cm³/mol. The van der Waals surface area contributed by atoms with Crippen LogP contribution in [0.25, 0.3) is 11.1 Å². The Hall–Kier alpha value is -2.94. The SMILES string of the molecule is NC(=O)c1ccc(-c2ccc(Cc3ccncc3)cc2)cc1. The zero-order valence-corrected chi connectivity index (χ0v) is 12.1. The number of nitrogens with two attached hydrogens (primary N) is 1. The monoisotopic (exact) mass is 288 g/mol. The molecule has 1 amide bonds. The third-order valence-electron chi connectivity index (χ3n) is 3.61. The van der Waals surface area contributed by atoms with Gasteiger partial charge >= 0.3 is 0 Å². The molecule has 3 aromatic rings. The van der Waals surface area contributed by atoms with E-state index in [2.05, 4.69) is 29.2 Å². The number of hydrogen-bond acceptors (Lipinski definition) is 2. The zero-order chi connectivity index (χ0) is 15.4. The molecular formula is C19H16N2O. The zero-order valence-electron chi connectivity index (χ0n) is 12.1. The van der Waals surface area contributed by atoms with E-state index in [1.165, 1.54) is 11.1 Å². The van der Waals surface area contributed by atoms with Crippen molar-refractivity contribution in [3.05, 3.63) is 89.7 Å². The van der Waals surface area contributed by atoms with Gasteiger partial charge in [-0.2, -0.15) is 0 Å². The highest BCUT2D eigenvalue weighted by Gasteiger charge is 2.02. The van der Waals surface area contributed by atoms with Gasteiger partial charge in [-0.3, -0.25) is 9.78 Å². The second-order valence-corrected chi connectivity index (χ2v) is 5.17. The van der Waals surface area contributed by atoms with E-state index < -0.39 is 5.91 Å². The highest BCUT2D eigenvalue weighted by molar-refractivity contribution is 5.93. The average Bonchev–Trinajstić information content (AvgIpc) is 2.57. The molecule has 2 N–H and O–H groups in total. The van der Waals surface area contributed by atoms with Crippen molar-refractivity contribution in [1.82, 2.24) is 4.98 Å². The summed E-state index contributed by atoms with van der Waals surface area (Å²) in [5, 5.41) is 0. The van der Waals surface area contributed by atoms with Gasteiger partial charge in [-0.15, -0.1) is 0 Å². The van der Waals surface area contributed by atoms with E-state index in [1.807, 2.05) is 36.7 Å². The summed E-state index contributed by atoms with van der Waals surface area (Å²) in [5.41, 5.74) is 10.5. The molecule has 0 aliphatic rings. The van der Waals surface area contributed by atoms with Crippen LogP contribution in [-0.2, 0) is 6.42 Å². The van der Waals surface area contributed by atoms with Crippen molar-refractivity contribution in [3.8, 4) is 11.1 Å². The van der Waals surface area contributed by atoms with Gasteiger partial charge in [0.25, 0.3) is 0 Å². The summed E-state index contributed by atoms with van der Waals surface area (Å²) in [7, 11) is 0. The van der Waals surface area contributed by atoms with Gasteiger partial charge in [0, 0.05) is 18.0 Å². The molecule has 0 atom stereocenters. The van der Waals surface area contributed by atoms with Crippen molar-refractivity contribution < 1.29 is 4.79 Å². The van der Waals surface area contributed by atoms with Crippen LogP contribution < -0.4 is 5.73 Å². The summed E-state index contributed by atoms with van der Waals surface area (Å²) < 4.78 is 0. The Morgan fingerprint density at radius 1 is 0.773 bits per heavy atom. The molecule has 2 aromatic carbocycles. The Morgan fingerprint density at radius 2 is 1.27 bits per heavy atom. The highest BCUT2D eigenvalue weighted by atomic mass is 16.1. The maximum Gasteiger partial charge on any atom is 0.248 e. The molecule has 0 unspecified atom stereocenters. The van der Waals surface area contributed by atoms with Gasteiger partial charge < -0.3 is 5.73 Å². The van der Waals surface area contributed by atoms with E-state index >= 15 is 0 Å². The van der Waals surface area contributed by atoms with Crippen LogP contribution in [0.3, 0.4) is 0 Å². The third-order valence-corrected chi connectivity index (χ3v) is 3.61. The molecule has 0 saturated heterocycles. The quantitative estimate of drug-likeness (QED) is 0.799. The number of carbonyl (C=O) groups is 1. The lowest BCUT2D eigenvalue weighted by atomic mass is 10.00. The lowest BCUT2D eigenvalue weighted by Gasteiger charge is -2.05. The maximum atomic E-state index is 11.1. The number of carbonyl (C=O) groups excluding carboxylic acids is 1. The van der Waals surface area contributed by atoms with Crippen LogP contribution >= 0.6 is 0 Å². The fourth-order valence-electron chi connectivity index (χ4n) is 2.38. The first kappa shape index (κ1) is 14.0. The van der Waals surface area contributed by atoms with Gasteiger partial charge in [0.1, 0.15) is 0 Å². The summed E-state index contributed by atoms with van der Waals surface area (Å²) in [6, 6.07) is 19.8. The van der Waals surface area contributed by atoms with Gasteiger partial charge in [0.15, 0.2) is 0 Å². The van der Waals surface area contributed by atoms with E-state index in [-0.39, 0.29) is 0 Å². The minimum atomic E-state index is -0.403. The molecule has 0 saturated carbocycles. The van der Waals surface area contributed by atoms with Crippen LogP contribution in [-0.4, -0.2) is 10.9 Å². The molecule has 22 heavy (non-hydrogen) atoms. The van der Waals surface area contributed by atoms with Gasteiger partial charge in [0.05, 0.1) is 0 Å². The fourth-order valence-corrected chi connectivity index (χ4v) is 2.38. The molecule has 0 spiro atoms. The number of benzene rings is 2. The Labute approximate surface area is 129 Å². The van der Waals surface area contributed by atoms with Crippen LogP contribution in [0.4, 0.5) is 0 Å². The van der Waals surface area contributed by atoms with Crippen molar-refractivity contribution in [2.75, 3.05) is 0 Å². The van der Waals surface area contributed by atoms with Crippen molar-refractivity contribution in [1.29, 1.82) is 0 Å². The minimum Gasteiger partial charge on any atom is -0.366 e. The first-order chi connectivity index (χ1) is 10.7. The van der Waals surface area contributed by atoms with Crippen LogP contribution in [0.5, 0.6) is 0 Å². The van der Waals surface area contributed by atoms with Crippen LogP contribution in [0.1, 0.15) is 21.5 Å². The van der Waals surface area contributed by atoms with Crippen LogP contribution in [0.15, 0.2) is 73.1 Å². The molecule has 3 rings (SSSR count). The number of hydrogen-bond donors (Lipinski definition) is 1. The number of rotatable bonds is 4. The van der Waals surface area contributed by atoms with Crippen molar-refractivity contribution in [2.45, 2.75) is 6.42 Å². The molecule has 0 fully saturated rings. The summed E-state index contributed by atoms with van der Waals surface area (Å²) >= 11 is 0. The van der Waals surface area contributed by atoms with Crippen LogP contribution in [0, 0.1) is 0 Å². The lowest BCUT2D eigenvalue weighted by molar-refractivity contribution is 0.100. The smallest absolute Gasteiger partial charge is 0.248 e. The predicted octanol–water partition coefficient (Wildman–Crippen LogP) is 3.44. The van der Waals surface area contributed by atoms with E-state index in [9.17, 15) is 4.79 Å². The molecule has 3 nitrogen and oxygen atoms in total. The van der Waals surface area contributed by atoms with Gasteiger partial charge in [-0.25, -0.2) is 0 Å². The van der Waals surface area contributed by atoms with Crippen LogP contribution in [0.2, 0.25) is 0 Å². The number of pyridine rings is 1. The van der Waals surface area contributed by atoms with Gasteiger partial charge in [-0.05, 0) is 52.9 Å². The molecule has 108 valence electrons. The number of primary amides is 1. The van der Waals surface area contributed by atoms with E-state index in [0.717, 1.165) is 17.5 Å². The van der Waals surface area contributed by atoms with E-state index in [4.69, 9.17) is 5.73 Å². The molecule has 0 aliphatic heterocycles. The first-order valence-corrected chi connectivity index (χ1v) is 7.10. The van der Waals surface area contributed by atoms with E-state index in [0.29, 0.717) is 5.56 Å². The second kappa shape index (κ2) is 6.22. The standard InChI is InChI=1S/C19H16N2O/c20-19(22)18-7-5-17(6-8-18)16-3-1-14(2-4-16)13-15-9-11-21-12-10-15/h1-12H,13H2,(H2,20,22). The fraction of sp³-hybridized carbons (Fsp3) is 0.0526. The molecule has 1 heterocycles. The normalized spacial score (nSPS) is 10.4. The number of amides is 1. The van der Waals surface area contributed by atoms with Gasteiger partial charge in [0.2, 0.25) is 5.91 Å². The lowest BCUT2D eigenvalue weighted by Crippen LogP contribution is -2.10. The molecule has 1 aromatic heterocycles. The van der Waals surface area contributed by atoms with Gasteiger partial charge in [-0.1, -0.05) is 36.4 Å².